The maximum absolute atomic E-state index is 10.1. The Hall–Kier alpha value is -3.55. The quantitative estimate of drug-likeness (QED) is 0.297. The molecule has 0 aliphatic rings. The number of aromatic carboxylic acids is 3. The minimum absolute atomic E-state index is 0. The number of anilines is 3. The molecule has 3 aromatic rings. The molecule has 0 amide bonds. The van der Waals surface area contributed by atoms with E-state index in [1.165, 1.54) is 36.4 Å². The number of nitrogens with two attached hydrogens (primary N) is 3. The Kier molecular flexibility index (Phi) is 12.1. The van der Waals surface area contributed by atoms with E-state index in [2.05, 4.69) is 15.0 Å². The van der Waals surface area contributed by atoms with Crippen LogP contribution in [0.15, 0.2) is 55.0 Å². The van der Waals surface area contributed by atoms with Crippen molar-refractivity contribution >= 4 is 35.4 Å². The van der Waals surface area contributed by atoms with Crippen LogP contribution in [0.4, 0.5) is 17.5 Å². The monoisotopic (exact) mass is 550 g/mol. The van der Waals surface area contributed by atoms with Gasteiger partial charge in [0, 0.05) is 35.3 Å². The molecule has 0 saturated heterocycles. The second-order valence-corrected chi connectivity index (χ2v) is 5.28. The van der Waals surface area contributed by atoms with Crippen LogP contribution in [0.25, 0.3) is 0 Å². The molecule has 12 nitrogen and oxygen atoms in total. The van der Waals surface area contributed by atoms with E-state index in [0.717, 1.165) is 18.6 Å². The molecule has 0 spiro atoms. The van der Waals surface area contributed by atoms with Gasteiger partial charge in [0.2, 0.25) is 0 Å². The molecule has 13 heteroatoms. The Morgan fingerprint density at radius 1 is 0.548 bits per heavy atom. The third-order valence-electron chi connectivity index (χ3n) is 3.07. The largest absolute Gasteiger partial charge is 3.00 e. The molecular weight excluding hydrogens is 535 g/mol. The third kappa shape index (κ3) is 10.7. The van der Waals surface area contributed by atoms with Crippen molar-refractivity contribution in [1.29, 1.82) is 0 Å². The summed E-state index contributed by atoms with van der Waals surface area (Å²) < 4.78 is 0. The first-order valence-corrected chi connectivity index (χ1v) is 7.88. The van der Waals surface area contributed by atoms with Crippen LogP contribution in [0.5, 0.6) is 0 Å². The second kappa shape index (κ2) is 13.6. The van der Waals surface area contributed by atoms with Gasteiger partial charge in [-0.1, -0.05) is 0 Å². The van der Waals surface area contributed by atoms with Crippen LogP contribution in [0.3, 0.4) is 0 Å². The average Bonchev–Trinajstić information content (AvgIpc) is 2.70. The van der Waals surface area contributed by atoms with Crippen molar-refractivity contribution in [3.8, 4) is 0 Å². The summed E-state index contributed by atoms with van der Waals surface area (Å²) >= 11 is 0. The standard InChI is InChI=1S/3C6H6N2O2.La/c3*7-5-2-1-4(3-8-5)6(9)10;/h3*1-3H,(H2,7,8)(H,9,10);/q;;;+3/p-3. The molecule has 0 atom stereocenters. The van der Waals surface area contributed by atoms with Gasteiger partial charge in [0.05, 0.1) is 17.9 Å². The number of carboxylic acids is 3. The third-order valence-corrected chi connectivity index (χ3v) is 3.07. The van der Waals surface area contributed by atoms with E-state index < -0.39 is 17.9 Å². The van der Waals surface area contributed by atoms with Crippen LogP contribution in [-0.4, -0.2) is 32.9 Å². The van der Waals surface area contributed by atoms with Gasteiger partial charge in [0.15, 0.2) is 0 Å². The number of carbonyl (C=O) groups excluding carboxylic acids is 3. The van der Waals surface area contributed by atoms with Crippen molar-refractivity contribution < 1.29 is 65.3 Å². The van der Waals surface area contributed by atoms with E-state index >= 15 is 0 Å². The number of nitrogen functional groups attached to an aromatic ring is 3. The van der Waals surface area contributed by atoms with Gasteiger partial charge in [0.25, 0.3) is 0 Å². The van der Waals surface area contributed by atoms with Crippen LogP contribution >= 0.6 is 0 Å². The van der Waals surface area contributed by atoms with E-state index in [1.807, 2.05) is 0 Å². The number of hydrogen-bond acceptors (Lipinski definition) is 12. The predicted octanol–water partition coefficient (Wildman–Crippen LogP) is -2.92. The van der Waals surface area contributed by atoms with Crippen LogP contribution in [0.2, 0.25) is 0 Å². The van der Waals surface area contributed by atoms with Crippen molar-refractivity contribution in [2.45, 2.75) is 0 Å². The van der Waals surface area contributed by atoms with Gasteiger partial charge in [-0.25, -0.2) is 15.0 Å². The number of nitrogens with zero attached hydrogens (tertiary/aromatic N) is 3. The van der Waals surface area contributed by atoms with Crippen molar-refractivity contribution in [2.75, 3.05) is 17.2 Å². The minimum Gasteiger partial charge on any atom is -0.545 e. The Morgan fingerprint density at radius 3 is 0.903 bits per heavy atom. The van der Waals surface area contributed by atoms with Gasteiger partial charge in [-0.3, -0.25) is 0 Å². The summed E-state index contributed by atoms with van der Waals surface area (Å²) in [4.78, 5) is 41.0. The normalized spacial score (nSPS) is 8.90. The Labute approximate surface area is 203 Å². The molecule has 3 aromatic heterocycles. The first-order chi connectivity index (χ1) is 14.1. The molecule has 3 rings (SSSR count). The summed E-state index contributed by atoms with van der Waals surface area (Å²) in [6.45, 7) is 0. The summed E-state index contributed by atoms with van der Waals surface area (Å²) in [6, 6.07) is 8.26. The Bertz CT molecular complexity index is 866. The number of rotatable bonds is 3. The Morgan fingerprint density at radius 2 is 0.774 bits per heavy atom. The van der Waals surface area contributed by atoms with E-state index in [9.17, 15) is 29.7 Å². The summed E-state index contributed by atoms with van der Waals surface area (Å²) in [5.41, 5.74) is 15.7. The molecule has 0 radical (unpaired) electrons. The fraction of sp³-hybridized carbons (Fsp3) is 0. The molecule has 0 aliphatic carbocycles. The fourth-order valence-electron chi connectivity index (χ4n) is 1.58. The van der Waals surface area contributed by atoms with Gasteiger partial charge < -0.3 is 46.9 Å². The van der Waals surface area contributed by atoms with Gasteiger partial charge in [-0.2, -0.15) is 0 Å². The number of carbonyl (C=O) groups is 3. The molecular formula is C18H15LaN6O6. The van der Waals surface area contributed by atoms with E-state index in [4.69, 9.17) is 17.2 Å². The molecule has 0 bridgehead atoms. The number of hydrogen-bond donors (Lipinski definition) is 3. The van der Waals surface area contributed by atoms with Gasteiger partial charge >= 0.3 is 35.6 Å². The topological polar surface area (TPSA) is 237 Å². The van der Waals surface area contributed by atoms with E-state index in [-0.39, 0.29) is 52.3 Å². The van der Waals surface area contributed by atoms with Crippen LogP contribution in [0.1, 0.15) is 31.1 Å². The summed E-state index contributed by atoms with van der Waals surface area (Å²) in [6.07, 6.45) is 3.47. The zero-order valence-electron chi connectivity index (χ0n) is 15.8. The van der Waals surface area contributed by atoms with Crippen LogP contribution < -0.4 is 32.5 Å². The number of carboxylic acid groups (broad SMARTS) is 3. The van der Waals surface area contributed by atoms with Crippen molar-refractivity contribution in [3.05, 3.63) is 71.7 Å². The molecule has 0 fully saturated rings. The molecule has 31 heavy (non-hydrogen) atoms. The zero-order valence-corrected chi connectivity index (χ0v) is 19.4. The number of aromatic nitrogens is 3. The van der Waals surface area contributed by atoms with E-state index in [1.54, 1.807) is 0 Å². The van der Waals surface area contributed by atoms with Gasteiger partial charge in [0.1, 0.15) is 17.5 Å². The van der Waals surface area contributed by atoms with Crippen molar-refractivity contribution in [1.82, 2.24) is 15.0 Å². The number of pyridine rings is 3. The molecule has 0 unspecified atom stereocenters. The first-order valence-electron chi connectivity index (χ1n) is 7.88. The first kappa shape index (κ1) is 27.5. The summed E-state index contributed by atoms with van der Waals surface area (Å²) in [5.74, 6) is -2.84. The molecule has 0 aliphatic heterocycles. The Balaban J connectivity index is 0.000000429. The fourth-order valence-corrected chi connectivity index (χ4v) is 1.58. The maximum atomic E-state index is 10.1. The van der Waals surface area contributed by atoms with Crippen molar-refractivity contribution in [3.63, 3.8) is 0 Å². The van der Waals surface area contributed by atoms with Gasteiger partial charge in [-0.05, 0) is 36.4 Å². The van der Waals surface area contributed by atoms with Crippen LogP contribution in [0, 0.1) is 35.6 Å². The van der Waals surface area contributed by atoms with Gasteiger partial charge in [-0.15, -0.1) is 0 Å². The predicted molar refractivity (Wildman–Crippen MR) is 98.9 cm³/mol. The molecule has 0 aromatic carbocycles. The maximum Gasteiger partial charge on any atom is 3.00 e. The molecule has 156 valence electrons. The summed E-state index contributed by atoms with van der Waals surface area (Å²) in [5, 5.41) is 30.4. The van der Waals surface area contributed by atoms with E-state index in [0.29, 0.717) is 17.5 Å². The minimum atomic E-state index is -1.24. The second-order valence-electron chi connectivity index (χ2n) is 5.28. The molecule has 0 saturated carbocycles. The van der Waals surface area contributed by atoms with Crippen LogP contribution in [-0.2, 0) is 0 Å². The molecule has 6 N–H and O–H groups in total. The SMILES string of the molecule is Nc1ccc(C(=O)[O-])cn1.Nc1ccc(C(=O)[O-])cn1.Nc1ccc(C(=O)[O-])cn1.[La+3]. The van der Waals surface area contributed by atoms with Crippen molar-refractivity contribution in [2.24, 2.45) is 0 Å². The summed E-state index contributed by atoms with van der Waals surface area (Å²) in [7, 11) is 0. The average molecular weight is 550 g/mol. The smallest absolute Gasteiger partial charge is 0.545 e. The zero-order chi connectivity index (χ0) is 22.7. The molecule has 3 heterocycles.